The molecule has 1 aliphatic carbocycles. The van der Waals surface area contributed by atoms with E-state index in [0.717, 1.165) is 32.1 Å². The van der Waals surface area contributed by atoms with Crippen LogP contribution < -0.4 is 14.8 Å². The van der Waals surface area contributed by atoms with Gasteiger partial charge in [-0.25, -0.2) is 13.1 Å². The molecule has 0 aromatic heterocycles. The van der Waals surface area contributed by atoms with Gasteiger partial charge in [-0.3, -0.25) is 4.79 Å². The summed E-state index contributed by atoms with van der Waals surface area (Å²) in [5.41, 5.74) is 0.220. The first-order valence-electron chi connectivity index (χ1n) is 8.34. The summed E-state index contributed by atoms with van der Waals surface area (Å²) in [7, 11) is -2.20. The molecule has 0 bridgehead atoms. The van der Waals surface area contributed by atoms with E-state index in [9.17, 15) is 13.2 Å². The second kappa shape index (κ2) is 7.98. The van der Waals surface area contributed by atoms with Crippen LogP contribution in [-0.4, -0.2) is 33.5 Å². The van der Waals surface area contributed by atoms with Gasteiger partial charge in [0.25, 0.3) is 5.91 Å². The summed E-state index contributed by atoms with van der Waals surface area (Å²) in [6, 6.07) is 4.28. The van der Waals surface area contributed by atoms with Gasteiger partial charge < -0.3 is 10.1 Å². The van der Waals surface area contributed by atoms with Gasteiger partial charge in [-0.15, -0.1) is 0 Å². The van der Waals surface area contributed by atoms with Crippen molar-refractivity contribution in [3.63, 3.8) is 0 Å². The quantitative estimate of drug-likeness (QED) is 0.822. The molecule has 0 unspecified atom stereocenters. The molecule has 0 heterocycles. The predicted octanol–water partition coefficient (Wildman–Crippen LogP) is 2.44. The minimum absolute atomic E-state index is 0.0289. The molecule has 24 heavy (non-hydrogen) atoms. The molecule has 2 N–H and O–H groups in total. The fraction of sp³-hybridized carbons (Fsp3) is 0.588. The van der Waals surface area contributed by atoms with Gasteiger partial charge >= 0.3 is 0 Å². The van der Waals surface area contributed by atoms with Crippen LogP contribution in [0.15, 0.2) is 23.1 Å². The number of benzene rings is 1. The van der Waals surface area contributed by atoms with Gasteiger partial charge in [0, 0.05) is 12.1 Å². The summed E-state index contributed by atoms with van der Waals surface area (Å²) in [5.74, 6) is 0.00123. The van der Waals surface area contributed by atoms with Gasteiger partial charge in [0.15, 0.2) is 0 Å². The normalized spacial score (nSPS) is 16.2. The number of methoxy groups -OCH3 is 1. The lowest BCUT2D eigenvalue weighted by Crippen LogP contribution is -2.36. The zero-order valence-electron chi connectivity index (χ0n) is 14.5. The third-order valence-electron chi connectivity index (χ3n) is 4.07. The summed E-state index contributed by atoms with van der Waals surface area (Å²) < 4.78 is 33.2. The molecular formula is C17H26N2O4S. The van der Waals surface area contributed by atoms with Crippen LogP contribution in [0.4, 0.5) is 0 Å². The van der Waals surface area contributed by atoms with Gasteiger partial charge in [-0.2, -0.15) is 0 Å². The molecule has 7 heteroatoms. The Kier molecular flexibility index (Phi) is 6.23. The van der Waals surface area contributed by atoms with Crippen molar-refractivity contribution < 1.29 is 17.9 Å². The monoisotopic (exact) mass is 354 g/mol. The molecule has 0 aliphatic heterocycles. The minimum Gasteiger partial charge on any atom is -0.496 e. The second-order valence-electron chi connectivity index (χ2n) is 6.45. The summed E-state index contributed by atoms with van der Waals surface area (Å²) in [6.07, 6.45) is 4.95. The Morgan fingerprint density at radius 1 is 1.21 bits per heavy atom. The molecule has 1 aromatic carbocycles. The largest absolute Gasteiger partial charge is 0.496 e. The van der Waals surface area contributed by atoms with Crippen LogP contribution >= 0.6 is 0 Å². The fourth-order valence-electron chi connectivity index (χ4n) is 2.88. The van der Waals surface area contributed by atoms with Crippen molar-refractivity contribution in [3.8, 4) is 5.75 Å². The zero-order valence-corrected chi connectivity index (χ0v) is 15.3. The first kappa shape index (κ1) is 18.7. The van der Waals surface area contributed by atoms with E-state index < -0.39 is 10.0 Å². The van der Waals surface area contributed by atoms with Crippen LogP contribution in [-0.2, 0) is 10.0 Å². The number of sulfonamides is 1. The molecule has 0 saturated heterocycles. The molecule has 1 amide bonds. The van der Waals surface area contributed by atoms with E-state index in [1.165, 1.54) is 25.3 Å². The number of hydrogen-bond donors (Lipinski definition) is 2. The first-order valence-corrected chi connectivity index (χ1v) is 9.83. The summed E-state index contributed by atoms with van der Waals surface area (Å²) in [4.78, 5) is 12.4. The van der Waals surface area contributed by atoms with Crippen LogP contribution in [0.3, 0.4) is 0 Å². The van der Waals surface area contributed by atoms with Crippen molar-refractivity contribution >= 4 is 15.9 Å². The van der Waals surface area contributed by atoms with Crippen LogP contribution in [0.5, 0.6) is 5.75 Å². The maximum atomic E-state index is 12.6. The van der Waals surface area contributed by atoms with Crippen LogP contribution in [0.2, 0.25) is 0 Å². The van der Waals surface area contributed by atoms with E-state index in [1.54, 1.807) is 0 Å². The Morgan fingerprint density at radius 3 is 2.46 bits per heavy atom. The third-order valence-corrected chi connectivity index (χ3v) is 5.59. The predicted molar refractivity (Wildman–Crippen MR) is 92.8 cm³/mol. The molecule has 0 radical (unpaired) electrons. The highest BCUT2D eigenvalue weighted by Crippen LogP contribution is 2.24. The van der Waals surface area contributed by atoms with Crippen molar-refractivity contribution in [2.24, 2.45) is 0 Å². The standard InChI is InChI=1S/C17H26N2O4S/c1-12(2)18-17(20)15-11-14(9-10-16(15)23-3)24(21,22)19-13-7-5-4-6-8-13/h9-13,19H,4-8H2,1-3H3,(H,18,20). The Morgan fingerprint density at radius 2 is 1.88 bits per heavy atom. The molecule has 1 aliphatic rings. The molecule has 1 fully saturated rings. The van der Waals surface area contributed by atoms with E-state index in [2.05, 4.69) is 10.0 Å². The Bertz CT molecular complexity index is 680. The molecular weight excluding hydrogens is 328 g/mol. The topological polar surface area (TPSA) is 84.5 Å². The van der Waals surface area contributed by atoms with E-state index in [-0.39, 0.29) is 28.4 Å². The third kappa shape index (κ3) is 4.70. The van der Waals surface area contributed by atoms with Crippen molar-refractivity contribution in [1.29, 1.82) is 0 Å². The molecule has 6 nitrogen and oxygen atoms in total. The Hall–Kier alpha value is -1.60. The number of rotatable bonds is 6. The maximum Gasteiger partial charge on any atom is 0.255 e. The number of nitrogens with one attached hydrogen (secondary N) is 2. The van der Waals surface area contributed by atoms with Gasteiger partial charge in [0.05, 0.1) is 17.6 Å². The molecule has 2 rings (SSSR count). The average Bonchev–Trinajstić information content (AvgIpc) is 2.54. The fourth-order valence-corrected chi connectivity index (χ4v) is 4.21. The van der Waals surface area contributed by atoms with Gasteiger partial charge in [-0.1, -0.05) is 19.3 Å². The number of carbonyl (C=O) groups is 1. The number of amides is 1. The lowest BCUT2D eigenvalue weighted by Gasteiger charge is -2.22. The Labute approximate surface area is 144 Å². The second-order valence-corrected chi connectivity index (χ2v) is 8.16. The minimum atomic E-state index is -3.65. The van der Waals surface area contributed by atoms with E-state index in [1.807, 2.05) is 13.8 Å². The van der Waals surface area contributed by atoms with E-state index >= 15 is 0 Å². The number of carbonyl (C=O) groups excluding carboxylic acids is 1. The number of ether oxygens (including phenoxy) is 1. The summed E-state index contributed by atoms with van der Waals surface area (Å²) >= 11 is 0. The average molecular weight is 354 g/mol. The van der Waals surface area contributed by atoms with Crippen LogP contribution in [0.25, 0.3) is 0 Å². The lowest BCUT2D eigenvalue weighted by molar-refractivity contribution is 0.0940. The highest BCUT2D eigenvalue weighted by Gasteiger charge is 2.24. The van der Waals surface area contributed by atoms with Gasteiger partial charge in [0.2, 0.25) is 10.0 Å². The van der Waals surface area contributed by atoms with Crippen LogP contribution in [0.1, 0.15) is 56.3 Å². The molecule has 1 saturated carbocycles. The van der Waals surface area contributed by atoms with Crippen molar-refractivity contribution in [1.82, 2.24) is 10.0 Å². The van der Waals surface area contributed by atoms with Crippen molar-refractivity contribution in [2.45, 2.75) is 62.9 Å². The highest BCUT2D eigenvalue weighted by molar-refractivity contribution is 7.89. The van der Waals surface area contributed by atoms with Crippen molar-refractivity contribution in [2.75, 3.05) is 7.11 Å². The molecule has 0 spiro atoms. The van der Waals surface area contributed by atoms with Crippen molar-refractivity contribution in [3.05, 3.63) is 23.8 Å². The first-order chi connectivity index (χ1) is 11.3. The van der Waals surface area contributed by atoms with Gasteiger partial charge in [-0.05, 0) is 44.9 Å². The highest BCUT2D eigenvalue weighted by atomic mass is 32.2. The Balaban J connectivity index is 2.27. The summed E-state index contributed by atoms with van der Waals surface area (Å²) in [5, 5.41) is 2.76. The van der Waals surface area contributed by atoms with Crippen LogP contribution in [0, 0.1) is 0 Å². The smallest absolute Gasteiger partial charge is 0.255 e. The molecule has 0 atom stereocenters. The zero-order chi connectivity index (χ0) is 17.7. The summed E-state index contributed by atoms with van der Waals surface area (Å²) in [6.45, 7) is 3.69. The maximum absolute atomic E-state index is 12.6. The lowest BCUT2D eigenvalue weighted by atomic mass is 9.96. The SMILES string of the molecule is COc1ccc(S(=O)(=O)NC2CCCCC2)cc1C(=O)NC(C)C. The van der Waals surface area contributed by atoms with E-state index in [0.29, 0.717) is 5.75 Å². The molecule has 1 aromatic rings. The van der Waals surface area contributed by atoms with Gasteiger partial charge in [0.1, 0.15) is 5.75 Å². The van der Waals surface area contributed by atoms with E-state index in [4.69, 9.17) is 4.74 Å². The molecule has 134 valence electrons. The number of hydrogen-bond acceptors (Lipinski definition) is 4.